The van der Waals surface area contributed by atoms with Crippen LogP contribution in [0.15, 0.2) is 42.5 Å². The molecule has 148 valence electrons. The lowest BCUT2D eigenvalue weighted by atomic mass is 9.87. The lowest BCUT2D eigenvalue weighted by molar-refractivity contribution is 0.0785. The van der Waals surface area contributed by atoms with Crippen LogP contribution in [0.5, 0.6) is 11.5 Å². The summed E-state index contributed by atoms with van der Waals surface area (Å²) in [5, 5.41) is 0. The van der Waals surface area contributed by atoms with E-state index in [-0.39, 0.29) is 23.6 Å². The van der Waals surface area contributed by atoms with Crippen molar-refractivity contribution in [2.45, 2.75) is 32.2 Å². The number of hydrogen-bond donors (Lipinski definition) is 0. The van der Waals surface area contributed by atoms with Crippen molar-refractivity contribution >= 4 is 5.78 Å². The van der Waals surface area contributed by atoms with E-state index in [1.165, 1.54) is 12.1 Å². The molecule has 0 bridgehead atoms. The zero-order chi connectivity index (χ0) is 19.5. The number of carbonyl (C=O) groups excluding carboxylic acids is 1. The Hall–Kier alpha value is -2.40. The predicted octanol–water partition coefficient (Wildman–Crippen LogP) is 4.64. The van der Waals surface area contributed by atoms with E-state index in [0.29, 0.717) is 30.3 Å². The molecule has 2 aliphatic heterocycles. The van der Waals surface area contributed by atoms with E-state index >= 15 is 0 Å². The van der Waals surface area contributed by atoms with E-state index in [1.54, 1.807) is 0 Å². The Morgan fingerprint density at radius 3 is 2.43 bits per heavy atom. The fraction of sp³-hybridized carbons (Fsp3) is 0.435. The third kappa shape index (κ3) is 3.90. The molecule has 2 aromatic rings. The van der Waals surface area contributed by atoms with Gasteiger partial charge in [-0.05, 0) is 68.2 Å². The van der Waals surface area contributed by atoms with Crippen LogP contribution in [0.25, 0.3) is 0 Å². The van der Waals surface area contributed by atoms with Crippen LogP contribution in [0.3, 0.4) is 0 Å². The van der Waals surface area contributed by atoms with E-state index in [1.807, 2.05) is 30.3 Å². The molecule has 5 heteroatoms. The summed E-state index contributed by atoms with van der Waals surface area (Å²) < 4.78 is 24.4. The number of halogens is 1. The number of rotatable bonds is 5. The van der Waals surface area contributed by atoms with Gasteiger partial charge in [-0.3, -0.25) is 9.69 Å². The molecule has 2 aliphatic rings. The molecule has 2 aromatic carbocycles. The summed E-state index contributed by atoms with van der Waals surface area (Å²) in [5.74, 6) is 1.39. The van der Waals surface area contributed by atoms with Gasteiger partial charge in [0.05, 0.1) is 0 Å². The third-order valence-electron chi connectivity index (χ3n) is 5.81. The van der Waals surface area contributed by atoms with Crippen LogP contribution in [-0.4, -0.2) is 37.0 Å². The summed E-state index contributed by atoms with van der Waals surface area (Å²) >= 11 is 0. The SMILES string of the molecule is CCC(c1ccc(F)cc1)N1CCC(C(=O)c2ccc3c(c2)OCCO3)CC1. The number of ether oxygens (including phenoxy) is 2. The molecule has 0 amide bonds. The zero-order valence-electron chi connectivity index (χ0n) is 16.2. The second-order valence-corrected chi connectivity index (χ2v) is 7.51. The van der Waals surface area contributed by atoms with Gasteiger partial charge in [-0.2, -0.15) is 0 Å². The van der Waals surface area contributed by atoms with Crippen LogP contribution in [0.4, 0.5) is 4.39 Å². The van der Waals surface area contributed by atoms with Crippen LogP contribution < -0.4 is 9.47 Å². The summed E-state index contributed by atoms with van der Waals surface area (Å²) in [6.45, 7) is 4.96. The number of piperidine rings is 1. The minimum absolute atomic E-state index is 0.0320. The van der Waals surface area contributed by atoms with Crippen molar-refractivity contribution in [3.8, 4) is 11.5 Å². The van der Waals surface area contributed by atoms with Gasteiger partial charge in [0.2, 0.25) is 0 Å². The van der Waals surface area contributed by atoms with E-state index in [9.17, 15) is 9.18 Å². The topological polar surface area (TPSA) is 38.8 Å². The first-order valence-electron chi connectivity index (χ1n) is 10.1. The highest BCUT2D eigenvalue weighted by molar-refractivity contribution is 5.98. The molecule has 0 spiro atoms. The van der Waals surface area contributed by atoms with E-state index in [4.69, 9.17) is 9.47 Å². The number of fused-ring (bicyclic) bond motifs is 1. The standard InChI is InChI=1S/C23H26FNO3/c1-2-20(16-3-6-19(24)7-4-16)25-11-9-17(10-12-25)23(26)18-5-8-21-22(15-18)28-14-13-27-21/h3-8,15,17,20H,2,9-14H2,1H3. The van der Waals surface area contributed by atoms with Crippen LogP contribution >= 0.6 is 0 Å². The number of carbonyl (C=O) groups is 1. The number of Topliss-reactive ketones (excluding diaryl/α,β-unsaturated/α-hetero) is 1. The Morgan fingerprint density at radius 1 is 1.07 bits per heavy atom. The minimum Gasteiger partial charge on any atom is -0.486 e. The van der Waals surface area contributed by atoms with Gasteiger partial charge in [0.25, 0.3) is 0 Å². The first-order valence-corrected chi connectivity index (χ1v) is 10.1. The minimum atomic E-state index is -0.206. The van der Waals surface area contributed by atoms with Gasteiger partial charge >= 0.3 is 0 Å². The summed E-state index contributed by atoms with van der Waals surface area (Å²) in [5.41, 5.74) is 1.84. The first kappa shape index (κ1) is 18.9. The molecule has 4 rings (SSSR count). The maximum Gasteiger partial charge on any atom is 0.166 e. The monoisotopic (exact) mass is 383 g/mol. The Morgan fingerprint density at radius 2 is 1.75 bits per heavy atom. The quantitative estimate of drug-likeness (QED) is 0.705. The molecule has 4 nitrogen and oxygen atoms in total. The summed E-state index contributed by atoms with van der Waals surface area (Å²) in [7, 11) is 0. The van der Waals surface area contributed by atoms with Gasteiger partial charge in [0.1, 0.15) is 19.0 Å². The summed E-state index contributed by atoms with van der Waals surface area (Å²) in [4.78, 5) is 15.4. The fourth-order valence-electron chi connectivity index (χ4n) is 4.30. The third-order valence-corrected chi connectivity index (χ3v) is 5.81. The lowest BCUT2D eigenvalue weighted by Crippen LogP contribution is -2.38. The molecule has 2 heterocycles. The Bertz CT molecular complexity index is 828. The van der Waals surface area contributed by atoms with Gasteiger partial charge in [-0.1, -0.05) is 19.1 Å². The van der Waals surface area contributed by atoms with Crippen molar-refractivity contribution in [3.05, 3.63) is 59.4 Å². The molecule has 0 aromatic heterocycles. The van der Waals surface area contributed by atoms with Gasteiger partial charge < -0.3 is 9.47 Å². The van der Waals surface area contributed by atoms with Gasteiger partial charge in [-0.15, -0.1) is 0 Å². The van der Waals surface area contributed by atoms with E-state index in [0.717, 1.165) is 37.9 Å². The molecule has 1 saturated heterocycles. The smallest absolute Gasteiger partial charge is 0.166 e. The second kappa shape index (κ2) is 8.31. The van der Waals surface area contributed by atoms with Gasteiger partial charge in [0.15, 0.2) is 17.3 Å². The predicted molar refractivity (Wildman–Crippen MR) is 105 cm³/mol. The molecule has 1 fully saturated rings. The molecule has 28 heavy (non-hydrogen) atoms. The normalized spacial score (nSPS) is 18.6. The second-order valence-electron chi connectivity index (χ2n) is 7.51. The van der Waals surface area contributed by atoms with Crippen LogP contribution in [-0.2, 0) is 0 Å². The van der Waals surface area contributed by atoms with Gasteiger partial charge in [0, 0.05) is 17.5 Å². The maximum atomic E-state index is 13.2. The number of hydrogen-bond acceptors (Lipinski definition) is 4. The van der Waals surface area contributed by atoms with Crippen molar-refractivity contribution < 1.29 is 18.7 Å². The van der Waals surface area contributed by atoms with Crippen molar-refractivity contribution in [1.29, 1.82) is 0 Å². The number of benzene rings is 2. The average Bonchev–Trinajstić information content (AvgIpc) is 2.75. The number of nitrogens with zero attached hydrogens (tertiary/aromatic N) is 1. The van der Waals surface area contributed by atoms with Crippen LogP contribution in [0.2, 0.25) is 0 Å². The number of likely N-dealkylation sites (tertiary alicyclic amines) is 1. The van der Waals surface area contributed by atoms with E-state index < -0.39 is 0 Å². The molecule has 1 atom stereocenters. The summed E-state index contributed by atoms with van der Waals surface area (Å²) in [6.07, 6.45) is 2.64. The maximum absolute atomic E-state index is 13.2. The highest BCUT2D eigenvalue weighted by atomic mass is 19.1. The summed E-state index contributed by atoms with van der Waals surface area (Å²) in [6, 6.07) is 12.5. The van der Waals surface area contributed by atoms with E-state index in [2.05, 4.69) is 11.8 Å². The highest BCUT2D eigenvalue weighted by Crippen LogP contribution is 2.34. The van der Waals surface area contributed by atoms with Crippen molar-refractivity contribution in [1.82, 2.24) is 4.90 Å². The highest BCUT2D eigenvalue weighted by Gasteiger charge is 2.30. The molecule has 0 aliphatic carbocycles. The van der Waals surface area contributed by atoms with Crippen LogP contribution in [0.1, 0.15) is 48.1 Å². The Labute approximate surface area is 165 Å². The average molecular weight is 383 g/mol. The molecule has 1 unspecified atom stereocenters. The molecular formula is C23H26FNO3. The fourth-order valence-corrected chi connectivity index (χ4v) is 4.30. The largest absolute Gasteiger partial charge is 0.486 e. The lowest BCUT2D eigenvalue weighted by Gasteiger charge is -2.37. The van der Waals surface area contributed by atoms with Crippen molar-refractivity contribution in [3.63, 3.8) is 0 Å². The van der Waals surface area contributed by atoms with Crippen LogP contribution in [0, 0.1) is 11.7 Å². The Kier molecular flexibility index (Phi) is 5.62. The Balaban J connectivity index is 1.40. The zero-order valence-corrected chi connectivity index (χ0v) is 16.2. The molecular weight excluding hydrogens is 357 g/mol. The number of ketones is 1. The molecule has 0 N–H and O–H groups in total. The van der Waals surface area contributed by atoms with Gasteiger partial charge in [-0.25, -0.2) is 4.39 Å². The molecule has 0 saturated carbocycles. The first-order chi connectivity index (χ1) is 13.7. The van der Waals surface area contributed by atoms with Crippen molar-refractivity contribution in [2.24, 2.45) is 5.92 Å². The van der Waals surface area contributed by atoms with Crippen molar-refractivity contribution in [2.75, 3.05) is 26.3 Å². The molecule has 0 radical (unpaired) electrons.